The third kappa shape index (κ3) is 5.59. The number of nitrogens with one attached hydrogen (secondary N) is 1. The molecule has 3 rings (SSSR count). The first-order chi connectivity index (χ1) is 14.8. The van der Waals surface area contributed by atoms with Gasteiger partial charge in [-0.2, -0.15) is 0 Å². The van der Waals surface area contributed by atoms with E-state index in [1.165, 1.54) is 5.56 Å². The molecule has 0 aliphatic heterocycles. The van der Waals surface area contributed by atoms with Gasteiger partial charge in [0, 0.05) is 21.8 Å². The van der Waals surface area contributed by atoms with Crippen molar-refractivity contribution < 1.29 is 14.3 Å². The Labute approximate surface area is 189 Å². The van der Waals surface area contributed by atoms with Gasteiger partial charge in [0.25, 0.3) is 5.91 Å². The minimum Gasteiger partial charge on any atom is -0.493 e. The maximum Gasteiger partial charge on any atom is 0.255 e. The van der Waals surface area contributed by atoms with Crippen molar-refractivity contribution in [3.8, 4) is 11.5 Å². The van der Waals surface area contributed by atoms with Crippen LogP contribution in [-0.2, 0) is 6.61 Å². The van der Waals surface area contributed by atoms with Crippen LogP contribution in [-0.4, -0.2) is 12.5 Å². The number of ether oxygens (including phenoxy) is 2. The average Bonchev–Trinajstić information content (AvgIpc) is 2.72. The first-order valence-electron chi connectivity index (χ1n) is 10.3. The largest absolute Gasteiger partial charge is 0.493 e. The molecule has 5 heteroatoms. The summed E-state index contributed by atoms with van der Waals surface area (Å²) in [7, 11) is 0. The zero-order valence-corrected chi connectivity index (χ0v) is 19.4. The predicted octanol–water partition coefficient (Wildman–Crippen LogP) is 6.80. The second kappa shape index (κ2) is 9.88. The van der Waals surface area contributed by atoms with E-state index in [-0.39, 0.29) is 5.91 Å². The van der Waals surface area contributed by atoms with Crippen LogP contribution in [0.3, 0.4) is 0 Å². The van der Waals surface area contributed by atoms with E-state index < -0.39 is 0 Å². The molecule has 0 unspecified atom stereocenters. The molecule has 4 nitrogen and oxygen atoms in total. The quantitative estimate of drug-likeness (QED) is 0.442. The summed E-state index contributed by atoms with van der Waals surface area (Å²) in [5.41, 5.74) is 6.43. The molecule has 0 bridgehead atoms. The lowest BCUT2D eigenvalue weighted by Crippen LogP contribution is -2.14. The summed E-state index contributed by atoms with van der Waals surface area (Å²) in [6.45, 7) is 10.9. The Kier molecular flexibility index (Phi) is 7.24. The zero-order chi connectivity index (χ0) is 22.5. The van der Waals surface area contributed by atoms with Crippen molar-refractivity contribution in [2.75, 3.05) is 11.9 Å². The standard InChI is InChI=1S/C26H28ClNO3/c1-6-30-24-10-7-20(26(29)28-23-9-8-22(27)13-18(23)4)14-21(24)15-31-25-12-16(2)11-17(3)19(25)5/h7-14H,6,15H2,1-5H3,(H,28,29). The van der Waals surface area contributed by atoms with E-state index in [4.69, 9.17) is 21.1 Å². The lowest BCUT2D eigenvalue weighted by atomic mass is 10.1. The zero-order valence-electron chi connectivity index (χ0n) is 18.6. The molecule has 0 saturated carbocycles. The Morgan fingerprint density at radius 3 is 2.39 bits per heavy atom. The molecular formula is C26H28ClNO3. The molecule has 162 valence electrons. The van der Waals surface area contributed by atoms with Crippen LogP contribution in [0.2, 0.25) is 5.02 Å². The summed E-state index contributed by atoms with van der Waals surface area (Å²) in [6, 6.07) is 15.0. The summed E-state index contributed by atoms with van der Waals surface area (Å²) in [5, 5.41) is 3.59. The Balaban J connectivity index is 1.84. The molecule has 0 radical (unpaired) electrons. The monoisotopic (exact) mass is 437 g/mol. The van der Waals surface area contributed by atoms with E-state index in [1.807, 2.05) is 45.0 Å². The third-order valence-electron chi connectivity index (χ3n) is 5.21. The van der Waals surface area contributed by atoms with Crippen LogP contribution >= 0.6 is 11.6 Å². The van der Waals surface area contributed by atoms with Gasteiger partial charge in [-0.3, -0.25) is 4.79 Å². The SMILES string of the molecule is CCOc1ccc(C(=O)Nc2ccc(Cl)cc2C)cc1COc1cc(C)cc(C)c1C. The molecule has 0 aliphatic carbocycles. The third-order valence-corrected chi connectivity index (χ3v) is 5.44. The number of hydrogen-bond acceptors (Lipinski definition) is 3. The van der Waals surface area contributed by atoms with E-state index in [9.17, 15) is 4.79 Å². The van der Waals surface area contributed by atoms with Crippen molar-refractivity contribution in [3.05, 3.63) is 86.9 Å². The van der Waals surface area contributed by atoms with Gasteiger partial charge in [-0.25, -0.2) is 0 Å². The van der Waals surface area contributed by atoms with Crippen LogP contribution < -0.4 is 14.8 Å². The fourth-order valence-electron chi connectivity index (χ4n) is 3.40. The van der Waals surface area contributed by atoms with E-state index in [0.29, 0.717) is 29.5 Å². The summed E-state index contributed by atoms with van der Waals surface area (Å²) >= 11 is 6.01. The van der Waals surface area contributed by atoms with E-state index in [1.54, 1.807) is 18.2 Å². The number of hydrogen-bond donors (Lipinski definition) is 1. The number of benzene rings is 3. The van der Waals surface area contributed by atoms with Crippen LogP contribution in [0, 0.1) is 27.7 Å². The summed E-state index contributed by atoms with van der Waals surface area (Å²) in [5.74, 6) is 1.35. The van der Waals surface area contributed by atoms with Crippen molar-refractivity contribution in [2.24, 2.45) is 0 Å². The van der Waals surface area contributed by atoms with Gasteiger partial charge < -0.3 is 14.8 Å². The molecule has 0 aromatic heterocycles. The molecule has 0 atom stereocenters. The van der Waals surface area contributed by atoms with Gasteiger partial charge in [-0.05, 0) is 99.3 Å². The fourth-order valence-corrected chi connectivity index (χ4v) is 3.62. The van der Waals surface area contributed by atoms with Gasteiger partial charge >= 0.3 is 0 Å². The second-order valence-electron chi connectivity index (χ2n) is 7.66. The molecule has 0 saturated heterocycles. The van der Waals surface area contributed by atoms with Crippen LogP contribution in [0.1, 0.15) is 45.1 Å². The Morgan fingerprint density at radius 2 is 1.68 bits per heavy atom. The number of carbonyl (C=O) groups is 1. The highest BCUT2D eigenvalue weighted by Crippen LogP contribution is 2.27. The van der Waals surface area contributed by atoms with Gasteiger partial charge in [-0.15, -0.1) is 0 Å². The molecule has 0 heterocycles. The fraction of sp³-hybridized carbons (Fsp3) is 0.269. The lowest BCUT2D eigenvalue weighted by molar-refractivity contribution is 0.102. The molecule has 1 N–H and O–H groups in total. The second-order valence-corrected chi connectivity index (χ2v) is 8.10. The minimum atomic E-state index is -0.197. The van der Waals surface area contributed by atoms with E-state index >= 15 is 0 Å². The highest BCUT2D eigenvalue weighted by Gasteiger charge is 2.14. The molecule has 3 aromatic carbocycles. The van der Waals surface area contributed by atoms with Crippen molar-refractivity contribution >= 4 is 23.2 Å². The van der Waals surface area contributed by atoms with E-state index in [2.05, 4.69) is 25.2 Å². The first-order valence-corrected chi connectivity index (χ1v) is 10.7. The molecule has 0 spiro atoms. The maximum atomic E-state index is 12.9. The predicted molar refractivity (Wildman–Crippen MR) is 127 cm³/mol. The van der Waals surface area contributed by atoms with Crippen LogP contribution in [0.4, 0.5) is 5.69 Å². The normalized spacial score (nSPS) is 10.6. The molecule has 3 aromatic rings. The van der Waals surface area contributed by atoms with Crippen LogP contribution in [0.5, 0.6) is 11.5 Å². The highest BCUT2D eigenvalue weighted by atomic mass is 35.5. The highest BCUT2D eigenvalue weighted by molar-refractivity contribution is 6.30. The Bertz CT molecular complexity index is 1110. The number of halogens is 1. The molecule has 0 aliphatic rings. The van der Waals surface area contributed by atoms with Gasteiger partial charge in [0.2, 0.25) is 0 Å². The molecular weight excluding hydrogens is 410 g/mol. The molecule has 0 fully saturated rings. The number of rotatable bonds is 7. The lowest BCUT2D eigenvalue weighted by Gasteiger charge is -2.16. The summed E-state index contributed by atoms with van der Waals surface area (Å²) < 4.78 is 11.9. The first kappa shape index (κ1) is 22.7. The summed E-state index contributed by atoms with van der Waals surface area (Å²) in [4.78, 5) is 12.9. The molecule has 31 heavy (non-hydrogen) atoms. The Hall–Kier alpha value is -2.98. The average molecular weight is 438 g/mol. The number of amides is 1. The van der Waals surface area contributed by atoms with Crippen molar-refractivity contribution in [1.29, 1.82) is 0 Å². The maximum absolute atomic E-state index is 12.9. The topological polar surface area (TPSA) is 47.6 Å². The smallest absolute Gasteiger partial charge is 0.255 e. The summed E-state index contributed by atoms with van der Waals surface area (Å²) in [6.07, 6.45) is 0. The minimum absolute atomic E-state index is 0.197. The van der Waals surface area contributed by atoms with Crippen LogP contribution in [0.15, 0.2) is 48.5 Å². The van der Waals surface area contributed by atoms with Crippen molar-refractivity contribution in [1.82, 2.24) is 0 Å². The van der Waals surface area contributed by atoms with Gasteiger partial charge in [-0.1, -0.05) is 17.7 Å². The van der Waals surface area contributed by atoms with Gasteiger partial charge in [0.15, 0.2) is 0 Å². The van der Waals surface area contributed by atoms with E-state index in [0.717, 1.165) is 33.7 Å². The number of aryl methyl sites for hydroxylation is 3. The van der Waals surface area contributed by atoms with Crippen molar-refractivity contribution in [3.63, 3.8) is 0 Å². The van der Waals surface area contributed by atoms with Crippen molar-refractivity contribution in [2.45, 2.75) is 41.2 Å². The Morgan fingerprint density at radius 1 is 0.903 bits per heavy atom. The van der Waals surface area contributed by atoms with Gasteiger partial charge in [0.1, 0.15) is 18.1 Å². The van der Waals surface area contributed by atoms with Crippen LogP contribution in [0.25, 0.3) is 0 Å². The number of carbonyl (C=O) groups excluding carboxylic acids is 1. The van der Waals surface area contributed by atoms with Gasteiger partial charge in [0.05, 0.1) is 6.61 Å². The number of anilines is 1. The molecule has 1 amide bonds.